The fourth-order valence-electron chi connectivity index (χ4n) is 3.60. The minimum absolute atomic E-state index is 0.0695. The summed E-state index contributed by atoms with van der Waals surface area (Å²) in [5.74, 6) is 0.914. The highest BCUT2D eigenvalue weighted by Gasteiger charge is 2.26. The monoisotopic (exact) mass is 324 g/mol. The van der Waals surface area contributed by atoms with E-state index in [1.54, 1.807) is 0 Å². The van der Waals surface area contributed by atoms with Crippen LogP contribution in [0.25, 0.3) is 10.8 Å². The van der Waals surface area contributed by atoms with Crippen molar-refractivity contribution in [2.45, 2.75) is 32.6 Å². The lowest BCUT2D eigenvalue weighted by Crippen LogP contribution is -2.42. The highest BCUT2D eigenvalue weighted by Crippen LogP contribution is 2.25. The molecule has 0 spiro atoms. The third kappa shape index (κ3) is 3.78. The van der Waals surface area contributed by atoms with Gasteiger partial charge in [0.05, 0.1) is 5.92 Å². The molecule has 1 amide bonds. The zero-order chi connectivity index (χ0) is 16.9. The number of nitrogens with zero attached hydrogens (tertiary/aromatic N) is 1. The summed E-state index contributed by atoms with van der Waals surface area (Å²) in [5, 5.41) is 5.86. The molecule has 128 valence electrons. The van der Waals surface area contributed by atoms with E-state index in [0.29, 0.717) is 5.92 Å². The van der Waals surface area contributed by atoms with Gasteiger partial charge in [-0.1, -0.05) is 49.4 Å². The van der Waals surface area contributed by atoms with E-state index in [9.17, 15) is 4.79 Å². The first-order chi connectivity index (χ1) is 11.7. The lowest BCUT2D eigenvalue weighted by Gasteiger charge is -2.33. The first kappa shape index (κ1) is 17.0. The molecule has 0 bridgehead atoms. The molecule has 1 fully saturated rings. The van der Waals surface area contributed by atoms with Crippen LogP contribution in [-0.2, 0) is 4.79 Å². The number of fused-ring (bicyclic) bond motifs is 1. The molecule has 24 heavy (non-hydrogen) atoms. The second-order valence-corrected chi connectivity index (χ2v) is 6.90. The first-order valence-electron chi connectivity index (χ1n) is 9.17. The molecule has 1 aliphatic rings. The van der Waals surface area contributed by atoms with E-state index in [0.717, 1.165) is 44.6 Å². The van der Waals surface area contributed by atoms with Gasteiger partial charge in [-0.2, -0.15) is 0 Å². The smallest absolute Gasteiger partial charge is 0.229 e. The van der Waals surface area contributed by atoms with E-state index in [1.807, 2.05) is 19.1 Å². The maximum atomic E-state index is 12.9. The number of rotatable bonds is 5. The lowest BCUT2D eigenvalue weighted by molar-refractivity contribution is -0.133. The SMILES string of the molecule is CCNCC1CCN(C(=O)C(C)c2ccc3ccccc3c2)CC1. The third-order valence-corrected chi connectivity index (χ3v) is 5.25. The molecule has 3 rings (SSSR count). The molecule has 0 radical (unpaired) electrons. The number of carbonyl (C=O) groups is 1. The Morgan fingerprint density at radius 1 is 1.17 bits per heavy atom. The van der Waals surface area contributed by atoms with Crippen molar-refractivity contribution in [3.05, 3.63) is 48.0 Å². The molecule has 2 aromatic rings. The van der Waals surface area contributed by atoms with Crippen molar-refractivity contribution in [3.63, 3.8) is 0 Å². The summed E-state index contributed by atoms with van der Waals surface area (Å²) >= 11 is 0. The normalized spacial score (nSPS) is 17.2. The molecule has 1 N–H and O–H groups in total. The average molecular weight is 324 g/mol. The van der Waals surface area contributed by atoms with Crippen LogP contribution in [0, 0.1) is 5.92 Å². The minimum atomic E-state index is -0.0695. The zero-order valence-electron chi connectivity index (χ0n) is 14.8. The van der Waals surface area contributed by atoms with Crippen LogP contribution in [0.2, 0.25) is 0 Å². The Bertz CT molecular complexity index is 689. The summed E-state index contributed by atoms with van der Waals surface area (Å²) in [6, 6.07) is 14.7. The molecule has 3 nitrogen and oxygen atoms in total. The molecule has 0 aromatic heterocycles. The van der Waals surface area contributed by atoms with E-state index < -0.39 is 0 Å². The van der Waals surface area contributed by atoms with E-state index in [-0.39, 0.29) is 11.8 Å². The van der Waals surface area contributed by atoms with E-state index in [1.165, 1.54) is 10.8 Å². The van der Waals surface area contributed by atoms with Gasteiger partial charge in [0.1, 0.15) is 0 Å². The zero-order valence-corrected chi connectivity index (χ0v) is 14.8. The van der Waals surface area contributed by atoms with Crippen molar-refractivity contribution < 1.29 is 4.79 Å². The van der Waals surface area contributed by atoms with Crippen molar-refractivity contribution >= 4 is 16.7 Å². The second kappa shape index (κ2) is 7.80. The van der Waals surface area contributed by atoms with Crippen molar-refractivity contribution in [2.24, 2.45) is 5.92 Å². The summed E-state index contributed by atoms with van der Waals surface area (Å²) < 4.78 is 0. The van der Waals surface area contributed by atoms with Crippen LogP contribution in [-0.4, -0.2) is 37.0 Å². The number of amides is 1. The Balaban J connectivity index is 1.64. The Morgan fingerprint density at radius 3 is 2.58 bits per heavy atom. The number of piperidine rings is 1. The van der Waals surface area contributed by atoms with Crippen LogP contribution in [0.3, 0.4) is 0 Å². The van der Waals surface area contributed by atoms with Crippen LogP contribution >= 0.6 is 0 Å². The fourth-order valence-corrected chi connectivity index (χ4v) is 3.60. The van der Waals surface area contributed by atoms with Gasteiger partial charge >= 0.3 is 0 Å². The van der Waals surface area contributed by atoms with Crippen molar-refractivity contribution in [1.29, 1.82) is 0 Å². The Kier molecular flexibility index (Phi) is 5.52. The van der Waals surface area contributed by atoms with Gasteiger partial charge in [-0.05, 0) is 55.1 Å². The second-order valence-electron chi connectivity index (χ2n) is 6.90. The third-order valence-electron chi connectivity index (χ3n) is 5.25. The summed E-state index contributed by atoms with van der Waals surface area (Å²) in [7, 11) is 0. The number of nitrogens with one attached hydrogen (secondary N) is 1. The van der Waals surface area contributed by atoms with Gasteiger partial charge in [0.2, 0.25) is 5.91 Å². The predicted octanol–water partition coefficient (Wildman–Crippen LogP) is 3.79. The number of hydrogen-bond acceptors (Lipinski definition) is 2. The van der Waals surface area contributed by atoms with E-state index >= 15 is 0 Å². The predicted molar refractivity (Wildman–Crippen MR) is 100 cm³/mol. The van der Waals surface area contributed by atoms with Crippen molar-refractivity contribution in [2.75, 3.05) is 26.2 Å². The van der Waals surface area contributed by atoms with Crippen LogP contribution in [0.15, 0.2) is 42.5 Å². The topological polar surface area (TPSA) is 32.3 Å². The van der Waals surface area contributed by atoms with Gasteiger partial charge in [-0.15, -0.1) is 0 Å². The molecular formula is C21H28N2O. The highest BCUT2D eigenvalue weighted by molar-refractivity contribution is 5.87. The number of benzene rings is 2. The molecule has 1 unspecified atom stereocenters. The maximum absolute atomic E-state index is 12.9. The van der Waals surface area contributed by atoms with E-state index in [4.69, 9.17) is 0 Å². The fraction of sp³-hybridized carbons (Fsp3) is 0.476. The summed E-state index contributed by atoms with van der Waals surface area (Å²) in [6.45, 7) is 8.08. The molecule has 2 aromatic carbocycles. The largest absolute Gasteiger partial charge is 0.342 e. The molecule has 1 saturated heterocycles. The summed E-state index contributed by atoms with van der Waals surface area (Å²) in [4.78, 5) is 14.9. The van der Waals surface area contributed by atoms with Crippen molar-refractivity contribution in [1.82, 2.24) is 10.2 Å². The molecule has 0 aliphatic carbocycles. The van der Waals surface area contributed by atoms with Crippen LogP contribution in [0.5, 0.6) is 0 Å². The van der Waals surface area contributed by atoms with Gasteiger partial charge in [0.25, 0.3) is 0 Å². The van der Waals surface area contributed by atoms with Crippen LogP contribution in [0.4, 0.5) is 0 Å². The quantitative estimate of drug-likeness (QED) is 0.907. The maximum Gasteiger partial charge on any atom is 0.229 e. The molecule has 0 saturated carbocycles. The average Bonchev–Trinajstić information content (AvgIpc) is 2.65. The van der Waals surface area contributed by atoms with Crippen molar-refractivity contribution in [3.8, 4) is 0 Å². The molecular weight excluding hydrogens is 296 g/mol. The summed E-state index contributed by atoms with van der Waals surface area (Å²) in [5.41, 5.74) is 1.12. The van der Waals surface area contributed by atoms with Crippen LogP contribution in [0.1, 0.15) is 38.2 Å². The number of likely N-dealkylation sites (tertiary alicyclic amines) is 1. The minimum Gasteiger partial charge on any atom is -0.342 e. The van der Waals surface area contributed by atoms with Gasteiger partial charge in [-0.3, -0.25) is 4.79 Å². The van der Waals surface area contributed by atoms with Gasteiger partial charge in [-0.25, -0.2) is 0 Å². The molecule has 1 aliphatic heterocycles. The Labute approximate surface area is 145 Å². The highest BCUT2D eigenvalue weighted by atomic mass is 16.2. The Morgan fingerprint density at radius 2 is 1.88 bits per heavy atom. The lowest BCUT2D eigenvalue weighted by atomic mass is 9.93. The van der Waals surface area contributed by atoms with Gasteiger partial charge in [0.15, 0.2) is 0 Å². The number of hydrogen-bond donors (Lipinski definition) is 1. The summed E-state index contributed by atoms with van der Waals surface area (Å²) in [6.07, 6.45) is 2.23. The standard InChI is InChI=1S/C21H28N2O/c1-3-22-15-17-10-12-23(13-11-17)21(24)16(2)19-9-8-18-6-4-5-7-20(18)14-19/h4-9,14,16-17,22H,3,10-13,15H2,1-2H3. The van der Waals surface area contributed by atoms with Crippen LogP contribution < -0.4 is 5.32 Å². The first-order valence-corrected chi connectivity index (χ1v) is 9.17. The van der Waals surface area contributed by atoms with E-state index in [2.05, 4.69) is 47.5 Å². The van der Waals surface area contributed by atoms with Gasteiger partial charge in [0, 0.05) is 13.1 Å². The molecule has 1 heterocycles. The molecule has 3 heteroatoms. The Hall–Kier alpha value is -1.87. The molecule has 1 atom stereocenters. The van der Waals surface area contributed by atoms with Gasteiger partial charge < -0.3 is 10.2 Å². The number of carbonyl (C=O) groups excluding carboxylic acids is 1.